The van der Waals surface area contributed by atoms with E-state index in [1.165, 1.54) is 16.4 Å². The molecule has 1 amide bonds. The summed E-state index contributed by atoms with van der Waals surface area (Å²) in [6, 6.07) is 7.86. The van der Waals surface area contributed by atoms with Crippen molar-refractivity contribution >= 4 is 32.7 Å². The Morgan fingerprint density at radius 1 is 1.19 bits per heavy atom. The van der Waals surface area contributed by atoms with Crippen LogP contribution in [0.15, 0.2) is 41.4 Å². The normalized spacial score (nSPS) is 20.1. The minimum absolute atomic E-state index is 0.0816. The van der Waals surface area contributed by atoms with Crippen molar-refractivity contribution in [1.82, 2.24) is 19.1 Å². The van der Waals surface area contributed by atoms with Crippen LogP contribution in [0.4, 0.5) is 5.69 Å². The molecule has 0 radical (unpaired) electrons. The van der Waals surface area contributed by atoms with Gasteiger partial charge in [0.05, 0.1) is 34.7 Å². The number of hydrogen-bond donors (Lipinski definition) is 1. The van der Waals surface area contributed by atoms with Crippen molar-refractivity contribution < 1.29 is 17.9 Å². The van der Waals surface area contributed by atoms with Gasteiger partial charge in [-0.05, 0) is 45.0 Å². The number of fused-ring (bicyclic) bond motifs is 1. The van der Waals surface area contributed by atoms with Gasteiger partial charge in [-0.1, -0.05) is 6.07 Å². The summed E-state index contributed by atoms with van der Waals surface area (Å²) in [7, 11) is -1.93. The van der Waals surface area contributed by atoms with E-state index in [0.29, 0.717) is 5.69 Å². The number of pyridine rings is 1. The molecule has 0 spiro atoms. The number of nitrogens with zero attached hydrogens (tertiary/aromatic N) is 4. The van der Waals surface area contributed by atoms with Gasteiger partial charge >= 0.3 is 0 Å². The molecule has 1 aliphatic heterocycles. The van der Waals surface area contributed by atoms with Gasteiger partial charge in [-0.3, -0.25) is 9.48 Å². The topological polar surface area (TPSA) is 106 Å². The van der Waals surface area contributed by atoms with Crippen molar-refractivity contribution in [2.45, 2.75) is 37.9 Å². The Bertz CT molecular complexity index is 1240. The van der Waals surface area contributed by atoms with Crippen LogP contribution < -0.4 is 5.32 Å². The van der Waals surface area contributed by atoms with Gasteiger partial charge in [0.15, 0.2) is 5.65 Å². The van der Waals surface area contributed by atoms with Gasteiger partial charge in [0.1, 0.15) is 0 Å². The number of sulfonamides is 1. The molecular formula is C21H25N5O4S. The fraction of sp³-hybridized carbons (Fsp3) is 0.381. The number of anilines is 1. The molecule has 1 fully saturated rings. The van der Waals surface area contributed by atoms with Crippen LogP contribution in [0.3, 0.4) is 0 Å². The molecule has 1 N–H and O–H groups in total. The number of carbonyl (C=O) groups is 1. The monoisotopic (exact) mass is 443 g/mol. The molecule has 1 aliphatic rings. The van der Waals surface area contributed by atoms with E-state index in [-0.39, 0.29) is 35.8 Å². The molecule has 164 valence electrons. The fourth-order valence-corrected chi connectivity index (χ4v) is 5.49. The van der Waals surface area contributed by atoms with E-state index in [9.17, 15) is 13.2 Å². The Morgan fingerprint density at radius 2 is 1.90 bits per heavy atom. The number of nitrogens with one attached hydrogen (secondary N) is 1. The number of aryl methyl sites for hydroxylation is 2. The summed E-state index contributed by atoms with van der Waals surface area (Å²) in [6.45, 7) is 6.11. The molecule has 3 heterocycles. The molecule has 0 bridgehead atoms. The van der Waals surface area contributed by atoms with Crippen LogP contribution in [0.5, 0.6) is 0 Å². The van der Waals surface area contributed by atoms with Crippen molar-refractivity contribution in [1.29, 1.82) is 0 Å². The number of benzene rings is 1. The quantitative estimate of drug-likeness (QED) is 0.663. The zero-order valence-corrected chi connectivity index (χ0v) is 18.7. The molecule has 10 heteroatoms. The summed E-state index contributed by atoms with van der Waals surface area (Å²) >= 11 is 0. The van der Waals surface area contributed by atoms with Crippen LogP contribution in [0.2, 0.25) is 0 Å². The Labute approximate surface area is 181 Å². The minimum Gasteiger partial charge on any atom is -0.373 e. The maximum atomic E-state index is 13.1. The lowest BCUT2D eigenvalue weighted by molar-refractivity contribution is -0.0440. The van der Waals surface area contributed by atoms with Crippen molar-refractivity contribution in [2.24, 2.45) is 7.05 Å². The molecule has 2 aromatic heterocycles. The Balaban J connectivity index is 1.58. The van der Waals surface area contributed by atoms with Gasteiger partial charge in [-0.2, -0.15) is 9.40 Å². The molecule has 3 aromatic rings. The van der Waals surface area contributed by atoms with Crippen LogP contribution in [-0.4, -0.2) is 58.7 Å². The Hall–Kier alpha value is -2.82. The van der Waals surface area contributed by atoms with Crippen molar-refractivity contribution in [2.75, 3.05) is 18.4 Å². The van der Waals surface area contributed by atoms with Gasteiger partial charge < -0.3 is 10.1 Å². The third kappa shape index (κ3) is 4.18. The first-order chi connectivity index (χ1) is 14.6. The highest BCUT2D eigenvalue weighted by Gasteiger charge is 2.32. The standard InChI is InChI=1S/C21H25N5O4S/c1-13-11-26(12-14(2)30-13)31(28,29)18-7-5-6-16(8-18)21(27)23-17-9-19-15(3)24-25(4)20(19)22-10-17/h5-10,13-14H,11-12H2,1-4H3,(H,23,27)/t13-,14+. The number of rotatable bonds is 4. The van der Waals surface area contributed by atoms with Gasteiger partial charge in [0, 0.05) is 31.1 Å². The van der Waals surface area contributed by atoms with E-state index in [0.717, 1.165) is 16.7 Å². The molecule has 0 unspecified atom stereocenters. The summed E-state index contributed by atoms with van der Waals surface area (Å²) in [5.41, 5.74) is 2.29. The van der Waals surface area contributed by atoms with Crippen LogP contribution in [0, 0.1) is 6.92 Å². The maximum absolute atomic E-state index is 13.1. The summed E-state index contributed by atoms with van der Waals surface area (Å²) in [4.78, 5) is 17.2. The minimum atomic E-state index is -3.74. The number of aromatic nitrogens is 3. The average Bonchev–Trinajstić information content (AvgIpc) is 3.00. The first-order valence-electron chi connectivity index (χ1n) is 10.0. The van der Waals surface area contributed by atoms with Crippen LogP contribution in [0.25, 0.3) is 11.0 Å². The van der Waals surface area contributed by atoms with Gasteiger partial charge in [0.25, 0.3) is 5.91 Å². The summed E-state index contributed by atoms with van der Waals surface area (Å²) < 4.78 is 35.0. The highest BCUT2D eigenvalue weighted by molar-refractivity contribution is 7.89. The van der Waals surface area contributed by atoms with Crippen molar-refractivity contribution in [3.05, 3.63) is 47.8 Å². The molecule has 2 atom stereocenters. The lowest BCUT2D eigenvalue weighted by Crippen LogP contribution is -2.48. The number of amides is 1. The molecule has 1 saturated heterocycles. The SMILES string of the molecule is Cc1nn(C)c2ncc(NC(=O)c3cccc(S(=O)(=O)N4C[C@@H](C)O[C@@H](C)C4)c3)cc12. The lowest BCUT2D eigenvalue weighted by atomic mass is 10.2. The summed E-state index contributed by atoms with van der Waals surface area (Å²) in [6.07, 6.45) is 1.17. The third-order valence-electron chi connectivity index (χ3n) is 5.24. The van der Waals surface area contributed by atoms with Gasteiger partial charge in [0.2, 0.25) is 10.0 Å². The van der Waals surface area contributed by atoms with E-state index >= 15 is 0 Å². The predicted molar refractivity (Wildman–Crippen MR) is 116 cm³/mol. The number of carbonyl (C=O) groups excluding carboxylic acids is 1. The second-order valence-corrected chi connectivity index (χ2v) is 9.80. The van der Waals surface area contributed by atoms with E-state index < -0.39 is 15.9 Å². The van der Waals surface area contributed by atoms with Crippen LogP contribution >= 0.6 is 0 Å². The van der Waals surface area contributed by atoms with Crippen molar-refractivity contribution in [3.8, 4) is 0 Å². The molecule has 9 nitrogen and oxygen atoms in total. The lowest BCUT2D eigenvalue weighted by Gasteiger charge is -2.34. The van der Waals surface area contributed by atoms with Gasteiger partial charge in [-0.25, -0.2) is 13.4 Å². The first-order valence-corrected chi connectivity index (χ1v) is 11.5. The zero-order chi connectivity index (χ0) is 22.3. The fourth-order valence-electron chi connectivity index (χ4n) is 3.85. The molecule has 4 rings (SSSR count). The average molecular weight is 444 g/mol. The maximum Gasteiger partial charge on any atom is 0.255 e. The molecular weight excluding hydrogens is 418 g/mol. The first kappa shape index (κ1) is 21.4. The number of hydrogen-bond acceptors (Lipinski definition) is 6. The largest absolute Gasteiger partial charge is 0.373 e. The second-order valence-electron chi connectivity index (χ2n) is 7.87. The summed E-state index contributed by atoms with van der Waals surface area (Å²) in [5.74, 6) is -0.413. The number of ether oxygens (including phenoxy) is 1. The number of morpholine rings is 1. The zero-order valence-electron chi connectivity index (χ0n) is 17.9. The van der Waals surface area contributed by atoms with E-state index in [2.05, 4.69) is 15.4 Å². The smallest absolute Gasteiger partial charge is 0.255 e. The van der Waals surface area contributed by atoms with Crippen molar-refractivity contribution in [3.63, 3.8) is 0 Å². The van der Waals surface area contributed by atoms with E-state index in [1.54, 1.807) is 29.1 Å². The molecule has 31 heavy (non-hydrogen) atoms. The third-order valence-corrected chi connectivity index (χ3v) is 7.07. The predicted octanol–water partition coefficient (Wildman–Crippen LogP) is 2.33. The van der Waals surface area contributed by atoms with Gasteiger partial charge in [-0.15, -0.1) is 0 Å². The van der Waals surface area contributed by atoms with Crippen LogP contribution in [0.1, 0.15) is 29.9 Å². The molecule has 0 saturated carbocycles. The second kappa shape index (κ2) is 8.03. The highest BCUT2D eigenvalue weighted by Crippen LogP contribution is 2.23. The summed E-state index contributed by atoms with van der Waals surface area (Å²) in [5, 5.41) is 7.96. The molecule has 0 aliphatic carbocycles. The van der Waals surface area contributed by atoms with Crippen LogP contribution in [-0.2, 0) is 21.8 Å². The highest BCUT2D eigenvalue weighted by atomic mass is 32.2. The Morgan fingerprint density at radius 3 is 2.61 bits per heavy atom. The van der Waals surface area contributed by atoms with E-state index in [4.69, 9.17) is 4.74 Å². The Kier molecular flexibility index (Phi) is 5.54. The van der Waals surface area contributed by atoms with E-state index in [1.807, 2.05) is 27.8 Å². The molecule has 1 aromatic carbocycles.